The summed E-state index contributed by atoms with van der Waals surface area (Å²) in [4.78, 5) is 31.4. The third kappa shape index (κ3) is 6.63. The van der Waals surface area contributed by atoms with Crippen molar-refractivity contribution in [3.63, 3.8) is 0 Å². The Morgan fingerprint density at radius 2 is 1.88 bits per heavy atom. The number of aromatic nitrogens is 3. The van der Waals surface area contributed by atoms with Gasteiger partial charge in [0.15, 0.2) is 12.4 Å². The molecule has 1 aliphatic rings. The van der Waals surface area contributed by atoms with Crippen molar-refractivity contribution in [1.82, 2.24) is 20.0 Å². The van der Waals surface area contributed by atoms with E-state index in [0.717, 1.165) is 29.2 Å². The summed E-state index contributed by atoms with van der Waals surface area (Å²) in [5.74, 6) is 1.05. The van der Waals surface area contributed by atoms with E-state index in [1.165, 1.54) is 0 Å². The lowest BCUT2D eigenvalue weighted by Crippen LogP contribution is -2.24. The summed E-state index contributed by atoms with van der Waals surface area (Å²) >= 11 is 0. The largest absolute Gasteiger partial charge is 0.455 e. The standard InChI is InChI=1S/C22H24N4O3.CH3NO/c1-15-8-16(2)24-22(23-15)28-14-20-11-19(25-29-20)9-18-10-21(27)26(13-18)12-17-6-4-3-5-7-17;2-1-3/h3-8,11,18H,9-10,12-14H2,1-2H3;1H,(H2,2,3). The van der Waals surface area contributed by atoms with Crippen molar-refractivity contribution in [1.29, 1.82) is 0 Å². The topological polar surface area (TPSA) is 124 Å². The average molecular weight is 438 g/mol. The first-order valence-electron chi connectivity index (χ1n) is 10.3. The van der Waals surface area contributed by atoms with Gasteiger partial charge in [0.2, 0.25) is 12.3 Å². The molecule has 2 amide bonds. The van der Waals surface area contributed by atoms with E-state index < -0.39 is 0 Å². The van der Waals surface area contributed by atoms with Crippen molar-refractivity contribution >= 4 is 12.3 Å². The molecule has 1 fully saturated rings. The van der Waals surface area contributed by atoms with Gasteiger partial charge in [-0.3, -0.25) is 9.59 Å². The van der Waals surface area contributed by atoms with Crippen LogP contribution >= 0.6 is 0 Å². The molecule has 168 valence electrons. The third-order valence-electron chi connectivity index (χ3n) is 4.92. The number of nitrogens with two attached hydrogens (primary N) is 1. The summed E-state index contributed by atoms with van der Waals surface area (Å²) in [5, 5.41) is 4.14. The van der Waals surface area contributed by atoms with E-state index >= 15 is 0 Å². The van der Waals surface area contributed by atoms with Crippen LogP contribution in [0.2, 0.25) is 0 Å². The van der Waals surface area contributed by atoms with Crippen molar-refractivity contribution in [3.8, 4) is 6.01 Å². The van der Waals surface area contributed by atoms with E-state index in [0.29, 0.717) is 31.2 Å². The lowest BCUT2D eigenvalue weighted by atomic mass is 10.0. The molecule has 0 saturated carbocycles. The van der Waals surface area contributed by atoms with Crippen molar-refractivity contribution in [2.24, 2.45) is 11.7 Å². The number of hydrogen-bond donors (Lipinski definition) is 1. The zero-order chi connectivity index (χ0) is 22.9. The van der Waals surface area contributed by atoms with Gasteiger partial charge in [0.05, 0.1) is 5.69 Å². The Morgan fingerprint density at radius 3 is 2.56 bits per heavy atom. The van der Waals surface area contributed by atoms with Gasteiger partial charge in [0.1, 0.15) is 0 Å². The predicted molar refractivity (Wildman–Crippen MR) is 116 cm³/mol. The molecule has 2 aromatic heterocycles. The van der Waals surface area contributed by atoms with Crippen LogP contribution in [0, 0.1) is 19.8 Å². The highest BCUT2D eigenvalue weighted by Gasteiger charge is 2.30. The van der Waals surface area contributed by atoms with E-state index in [-0.39, 0.29) is 24.8 Å². The molecule has 3 aromatic rings. The minimum atomic E-state index is 0.192. The summed E-state index contributed by atoms with van der Waals surface area (Å²) in [7, 11) is 0. The van der Waals surface area contributed by atoms with Gasteiger partial charge in [-0.1, -0.05) is 35.5 Å². The molecule has 3 heterocycles. The van der Waals surface area contributed by atoms with Gasteiger partial charge in [0.25, 0.3) is 0 Å². The highest BCUT2D eigenvalue weighted by molar-refractivity contribution is 5.78. The molecule has 1 aromatic carbocycles. The molecule has 32 heavy (non-hydrogen) atoms. The minimum absolute atomic E-state index is 0.192. The quantitative estimate of drug-likeness (QED) is 0.563. The average Bonchev–Trinajstić information content (AvgIpc) is 3.33. The van der Waals surface area contributed by atoms with Gasteiger partial charge >= 0.3 is 6.01 Å². The van der Waals surface area contributed by atoms with Crippen LogP contribution in [0.3, 0.4) is 0 Å². The maximum atomic E-state index is 12.3. The Kier molecular flexibility index (Phi) is 7.91. The number of ether oxygens (including phenoxy) is 1. The molecule has 1 saturated heterocycles. The first-order chi connectivity index (χ1) is 15.5. The second-order valence-electron chi connectivity index (χ2n) is 7.68. The zero-order valence-electron chi connectivity index (χ0n) is 18.2. The maximum absolute atomic E-state index is 12.3. The molecular formula is C23H27N5O4. The fraction of sp³-hybridized carbons (Fsp3) is 0.348. The molecule has 0 radical (unpaired) electrons. The predicted octanol–water partition coefficient (Wildman–Crippen LogP) is 2.35. The van der Waals surface area contributed by atoms with Crippen LogP contribution in [0.1, 0.15) is 34.8 Å². The molecular weight excluding hydrogens is 410 g/mol. The lowest BCUT2D eigenvalue weighted by Gasteiger charge is -2.16. The van der Waals surface area contributed by atoms with Crippen molar-refractivity contribution in [3.05, 3.63) is 70.9 Å². The van der Waals surface area contributed by atoms with Crippen LogP contribution in [0.25, 0.3) is 0 Å². The summed E-state index contributed by atoms with van der Waals surface area (Å²) in [5.41, 5.74) is 7.87. The molecule has 0 bridgehead atoms. The number of carbonyl (C=O) groups excluding carboxylic acids is 2. The highest BCUT2D eigenvalue weighted by atomic mass is 16.5. The fourth-order valence-electron chi connectivity index (χ4n) is 3.66. The minimum Gasteiger partial charge on any atom is -0.455 e. The molecule has 0 spiro atoms. The molecule has 1 unspecified atom stereocenters. The number of benzene rings is 1. The molecule has 1 atom stereocenters. The van der Waals surface area contributed by atoms with Crippen molar-refractivity contribution in [2.75, 3.05) is 6.54 Å². The van der Waals surface area contributed by atoms with Gasteiger partial charge in [-0.05, 0) is 37.8 Å². The van der Waals surface area contributed by atoms with Crippen LogP contribution in [0.15, 0.2) is 47.0 Å². The molecule has 0 aliphatic carbocycles. The summed E-state index contributed by atoms with van der Waals surface area (Å²) in [6.07, 6.45) is 1.50. The second kappa shape index (κ2) is 11.0. The molecule has 2 N–H and O–H groups in total. The summed E-state index contributed by atoms with van der Waals surface area (Å²) < 4.78 is 11.0. The Labute approximate surface area is 186 Å². The fourth-order valence-corrected chi connectivity index (χ4v) is 3.66. The number of aryl methyl sites for hydroxylation is 2. The van der Waals surface area contributed by atoms with E-state index in [1.807, 2.05) is 61.2 Å². The van der Waals surface area contributed by atoms with Crippen molar-refractivity contribution in [2.45, 2.75) is 39.8 Å². The normalized spacial score (nSPS) is 15.2. The van der Waals surface area contributed by atoms with Crippen LogP contribution in [-0.2, 0) is 29.2 Å². The van der Waals surface area contributed by atoms with E-state index in [4.69, 9.17) is 14.1 Å². The van der Waals surface area contributed by atoms with Gasteiger partial charge in [-0.25, -0.2) is 9.97 Å². The Hall–Kier alpha value is -3.75. The van der Waals surface area contributed by atoms with Crippen LogP contribution in [-0.4, -0.2) is 38.9 Å². The number of hydrogen-bond acceptors (Lipinski definition) is 7. The number of rotatable bonds is 7. The highest BCUT2D eigenvalue weighted by Crippen LogP contribution is 2.24. The Morgan fingerprint density at radius 1 is 1.19 bits per heavy atom. The smallest absolute Gasteiger partial charge is 0.317 e. The summed E-state index contributed by atoms with van der Waals surface area (Å²) in [6.45, 7) is 5.42. The van der Waals surface area contributed by atoms with E-state index in [9.17, 15) is 4.79 Å². The molecule has 9 heteroatoms. The SMILES string of the molecule is Cc1cc(C)nc(OCc2cc(CC3CC(=O)N(Cc4ccccc4)C3)no2)n1.NC=O. The monoisotopic (exact) mass is 437 g/mol. The van der Waals surface area contributed by atoms with Gasteiger partial charge in [0, 0.05) is 37.0 Å². The number of primary amides is 1. The Bertz CT molecular complexity index is 1020. The number of likely N-dealkylation sites (tertiary alicyclic amines) is 1. The first-order valence-corrected chi connectivity index (χ1v) is 10.3. The third-order valence-corrected chi connectivity index (χ3v) is 4.92. The number of nitrogens with zero attached hydrogens (tertiary/aromatic N) is 4. The van der Waals surface area contributed by atoms with E-state index in [1.54, 1.807) is 0 Å². The second-order valence-corrected chi connectivity index (χ2v) is 7.68. The lowest BCUT2D eigenvalue weighted by molar-refractivity contribution is -0.128. The zero-order valence-corrected chi connectivity index (χ0v) is 18.2. The van der Waals surface area contributed by atoms with Crippen molar-refractivity contribution < 1.29 is 18.8 Å². The molecule has 1 aliphatic heterocycles. The molecule has 4 rings (SSSR count). The van der Waals surface area contributed by atoms with Gasteiger partial charge in [-0.2, -0.15) is 0 Å². The molecule has 9 nitrogen and oxygen atoms in total. The summed E-state index contributed by atoms with van der Waals surface area (Å²) in [6, 6.07) is 14.2. The first kappa shape index (κ1) is 22.9. The van der Waals surface area contributed by atoms with Gasteiger partial charge in [-0.15, -0.1) is 0 Å². The number of amides is 2. The Balaban J connectivity index is 0.000000913. The van der Waals surface area contributed by atoms with Crippen LogP contribution in [0.4, 0.5) is 0 Å². The van der Waals surface area contributed by atoms with Crippen LogP contribution in [0.5, 0.6) is 6.01 Å². The van der Waals surface area contributed by atoms with E-state index in [2.05, 4.69) is 20.9 Å². The van der Waals surface area contributed by atoms with Gasteiger partial charge < -0.3 is 19.9 Å². The van der Waals surface area contributed by atoms with Crippen LogP contribution < -0.4 is 10.5 Å². The number of carbonyl (C=O) groups is 2. The maximum Gasteiger partial charge on any atom is 0.317 e.